The normalized spacial score (nSPS) is 11.5. The highest BCUT2D eigenvalue weighted by molar-refractivity contribution is 5.90. The van der Waals surface area contributed by atoms with Gasteiger partial charge >= 0.3 is 12.1 Å². The topological polar surface area (TPSA) is 70.2 Å². The predicted octanol–water partition coefficient (Wildman–Crippen LogP) is 3.24. The fraction of sp³-hybridized carbons (Fsp3) is 0.0714. The van der Waals surface area contributed by atoms with Crippen molar-refractivity contribution in [2.24, 2.45) is 0 Å². The van der Waals surface area contributed by atoms with Crippen LogP contribution in [0.5, 0.6) is 5.75 Å². The maximum atomic E-state index is 13.3. The fourth-order valence-corrected chi connectivity index (χ4v) is 1.91. The first-order valence-corrected chi connectivity index (χ1v) is 6.39. The molecule has 0 fully saturated rings. The molecule has 0 amide bonds. The second-order valence-corrected chi connectivity index (χ2v) is 4.55. The van der Waals surface area contributed by atoms with Crippen molar-refractivity contribution >= 4 is 5.97 Å². The fourth-order valence-electron chi connectivity index (χ4n) is 1.91. The minimum Gasteiger partial charge on any atom is -0.419 e. The van der Waals surface area contributed by atoms with Crippen molar-refractivity contribution in [2.75, 3.05) is 0 Å². The number of rotatable bonds is 3. The molecule has 0 aliphatic carbocycles. The van der Waals surface area contributed by atoms with Crippen molar-refractivity contribution in [1.29, 1.82) is 0 Å². The van der Waals surface area contributed by atoms with Gasteiger partial charge in [-0.2, -0.15) is 18.3 Å². The highest BCUT2D eigenvalue weighted by Gasteiger charge is 2.40. The summed E-state index contributed by atoms with van der Waals surface area (Å²) in [7, 11) is 0. The molecule has 124 valence electrons. The van der Waals surface area contributed by atoms with E-state index in [0.29, 0.717) is 4.68 Å². The molecule has 0 radical (unpaired) electrons. The van der Waals surface area contributed by atoms with Crippen LogP contribution in [0.2, 0.25) is 0 Å². The van der Waals surface area contributed by atoms with Crippen molar-refractivity contribution in [3.8, 4) is 11.4 Å². The van der Waals surface area contributed by atoms with Gasteiger partial charge in [-0.1, -0.05) is 5.16 Å². The molecule has 0 unspecified atom stereocenters. The summed E-state index contributed by atoms with van der Waals surface area (Å²) in [6, 6.07) is 4.20. The third kappa shape index (κ3) is 2.98. The zero-order chi connectivity index (χ0) is 17.3. The summed E-state index contributed by atoms with van der Waals surface area (Å²) in [5.74, 6) is -2.49. The maximum absolute atomic E-state index is 13.3. The summed E-state index contributed by atoms with van der Waals surface area (Å²) in [4.78, 5) is 11.8. The Morgan fingerprint density at radius 1 is 1.17 bits per heavy atom. The molecule has 24 heavy (non-hydrogen) atoms. The first-order valence-electron chi connectivity index (χ1n) is 6.39. The number of ether oxygens (including phenoxy) is 1. The van der Waals surface area contributed by atoms with Crippen LogP contribution in [0.15, 0.2) is 47.4 Å². The largest absolute Gasteiger partial charge is 0.437 e. The molecule has 0 atom stereocenters. The molecular formula is C14H7F4N3O3. The van der Waals surface area contributed by atoms with E-state index in [9.17, 15) is 22.4 Å². The molecule has 2 aromatic heterocycles. The number of halogens is 4. The Balaban J connectivity index is 2.01. The van der Waals surface area contributed by atoms with Gasteiger partial charge in [-0.3, -0.25) is 0 Å². The third-order valence-electron chi connectivity index (χ3n) is 2.95. The Bertz CT molecular complexity index is 855. The number of alkyl halides is 3. The average molecular weight is 341 g/mol. The summed E-state index contributed by atoms with van der Waals surface area (Å²) in [6.45, 7) is 0. The lowest BCUT2D eigenvalue weighted by Crippen LogP contribution is -2.16. The van der Waals surface area contributed by atoms with Gasteiger partial charge in [0.1, 0.15) is 17.6 Å². The van der Waals surface area contributed by atoms with E-state index >= 15 is 0 Å². The van der Waals surface area contributed by atoms with Gasteiger partial charge < -0.3 is 9.26 Å². The Morgan fingerprint density at radius 2 is 1.88 bits per heavy atom. The van der Waals surface area contributed by atoms with E-state index in [1.54, 1.807) is 0 Å². The quantitative estimate of drug-likeness (QED) is 0.540. The second-order valence-electron chi connectivity index (χ2n) is 4.55. The molecule has 3 aromatic rings. The molecule has 0 bridgehead atoms. The van der Waals surface area contributed by atoms with Gasteiger partial charge in [0.25, 0.3) is 0 Å². The first kappa shape index (κ1) is 15.7. The molecular weight excluding hydrogens is 334 g/mol. The summed E-state index contributed by atoms with van der Waals surface area (Å²) < 4.78 is 62.6. The molecule has 1 aromatic carbocycles. The van der Waals surface area contributed by atoms with Crippen LogP contribution in [0.4, 0.5) is 17.6 Å². The van der Waals surface area contributed by atoms with Crippen LogP contribution in [-0.4, -0.2) is 20.9 Å². The second kappa shape index (κ2) is 5.80. The molecule has 10 heteroatoms. The van der Waals surface area contributed by atoms with Crippen molar-refractivity contribution in [3.63, 3.8) is 0 Å². The standard InChI is InChI=1S/C14H7F4N3O3/c15-9-1-3-10(4-2-9)21-12(14(16,17)18)11(6-19-21)24-13(22)8-5-20-23-7-8/h1-7H. The Hall–Kier alpha value is -3.17. The van der Waals surface area contributed by atoms with Crippen LogP contribution in [0.1, 0.15) is 16.1 Å². The van der Waals surface area contributed by atoms with E-state index in [-0.39, 0.29) is 11.3 Å². The van der Waals surface area contributed by atoms with Crippen molar-refractivity contribution in [3.05, 3.63) is 60.0 Å². The van der Waals surface area contributed by atoms with E-state index in [0.717, 1.165) is 42.9 Å². The molecule has 2 heterocycles. The monoisotopic (exact) mass is 341 g/mol. The maximum Gasteiger partial charge on any atom is 0.437 e. The summed E-state index contributed by atoms with van der Waals surface area (Å²) >= 11 is 0. The predicted molar refractivity (Wildman–Crippen MR) is 70.0 cm³/mol. The molecule has 0 saturated heterocycles. The van der Waals surface area contributed by atoms with Gasteiger partial charge in [-0.05, 0) is 24.3 Å². The van der Waals surface area contributed by atoms with Crippen LogP contribution >= 0.6 is 0 Å². The highest BCUT2D eigenvalue weighted by atomic mass is 19.4. The van der Waals surface area contributed by atoms with Gasteiger partial charge in [-0.25, -0.2) is 13.9 Å². The molecule has 0 N–H and O–H groups in total. The number of carbonyl (C=O) groups is 1. The van der Waals surface area contributed by atoms with E-state index in [4.69, 9.17) is 4.74 Å². The lowest BCUT2D eigenvalue weighted by atomic mass is 10.3. The lowest BCUT2D eigenvalue weighted by molar-refractivity contribution is -0.143. The van der Waals surface area contributed by atoms with Crippen LogP contribution < -0.4 is 4.74 Å². The average Bonchev–Trinajstić information content (AvgIpc) is 3.16. The molecule has 0 saturated carbocycles. The minimum absolute atomic E-state index is 0.0454. The van der Waals surface area contributed by atoms with Gasteiger partial charge in [0.05, 0.1) is 18.1 Å². The molecule has 3 rings (SSSR count). The summed E-state index contributed by atoms with van der Waals surface area (Å²) in [6.07, 6.45) is -2.19. The highest BCUT2D eigenvalue weighted by Crippen LogP contribution is 2.37. The van der Waals surface area contributed by atoms with Crippen molar-refractivity contribution < 1.29 is 31.6 Å². The smallest absolute Gasteiger partial charge is 0.419 e. The number of carbonyl (C=O) groups excluding carboxylic acids is 1. The van der Waals surface area contributed by atoms with E-state index < -0.39 is 29.4 Å². The summed E-state index contributed by atoms with van der Waals surface area (Å²) in [5.41, 5.74) is -1.51. The number of benzene rings is 1. The number of nitrogens with zero attached hydrogens (tertiary/aromatic N) is 3. The van der Waals surface area contributed by atoms with Gasteiger partial charge in [0.2, 0.25) is 0 Å². The van der Waals surface area contributed by atoms with Gasteiger partial charge in [0, 0.05) is 0 Å². The third-order valence-corrected chi connectivity index (χ3v) is 2.95. The van der Waals surface area contributed by atoms with E-state index in [1.807, 2.05) is 0 Å². The van der Waals surface area contributed by atoms with E-state index in [2.05, 4.69) is 14.8 Å². The van der Waals surface area contributed by atoms with Crippen molar-refractivity contribution in [1.82, 2.24) is 14.9 Å². The van der Waals surface area contributed by atoms with Crippen molar-refractivity contribution in [2.45, 2.75) is 6.18 Å². The number of hydrogen-bond acceptors (Lipinski definition) is 5. The number of esters is 1. The number of aromatic nitrogens is 3. The van der Waals surface area contributed by atoms with E-state index in [1.165, 1.54) is 0 Å². The molecule has 0 aliphatic rings. The Labute approximate surface area is 131 Å². The van der Waals surface area contributed by atoms with Crippen LogP contribution in [0.25, 0.3) is 5.69 Å². The Morgan fingerprint density at radius 3 is 2.46 bits per heavy atom. The number of hydrogen-bond donors (Lipinski definition) is 0. The minimum atomic E-state index is -4.87. The van der Waals surface area contributed by atoms with Gasteiger partial charge in [-0.15, -0.1) is 0 Å². The zero-order valence-electron chi connectivity index (χ0n) is 11.6. The molecule has 0 spiro atoms. The first-order chi connectivity index (χ1) is 11.4. The lowest BCUT2D eigenvalue weighted by Gasteiger charge is -2.12. The van der Waals surface area contributed by atoms with Crippen LogP contribution in [-0.2, 0) is 6.18 Å². The molecule has 0 aliphatic heterocycles. The van der Waals surface area contributed by atoms with Gasteiger partial charge in [0.15, 0.2) is 11.4 Å². The molecule has 6 nitrogen and oxygen atoms in total. The SMILES string of the molecule is O=C(Oc1cnn(-c2ccc(F)cc2)c1C(F)(F)F)c1cnoc1. The zero-order valence-corrected chi connectivity index (χ0v) is 11.6. The summed E-state index contributed by atoms with van der Waals surface area (Å²) in [5, 5.41) is 6.84. The van der Waals surface area contributed by atoms with Crippen LogP contribution in [0, 0.1) is 5.82 Å². The Kier molecular flexibility index (Phi) is 3.80. The van der Waals surface area contributed by atoms with Crippen LogP contribution in [0.3, 0.4) is 0 Å².